The Hall–Kier alpha value is -0.810. The molecule has 0 bridgehead atoms. The molecule has 0 fully saturated rings. The SMILES string of the molecule is CC(C)=Cc1nnc(C(N)CS)o1. The van der Waals surface area contributed by atoms with Crippen LogP contribution in [0.5, 0.6) is 0 Å². The van der Waals surface area contributed by atoms with Gasteiger partial charge < -0.3 is 10.2 Å². The average molecular weight is 199 g/mol. The van der Waals surface area contributed by atoms with E-state index < -0.39 is 0 Å². The molecule has 13 heavy (non-hydrogen) atoms. The Bertz CT molecular complexity index is 304. The van der Waals surface area contributed by atoms with Crippen LogP contribution in [0.2, 0.25) is 0 Å². The number of hydrogen-bond acceptors (Lipinski definition) is 5. The largest absolute Gasteiger partial charge is 0.420 e. The Morgan fingerprint density at radius 3 is 2.85 bits per heavy atom. The highest BCUT2D eigenvalue weighted by Crippen LogP contribution is 2.11. The van der Waals surface area contributed by atoms with Gasteiger partial charge in [0.15, 0.2) is 0 Å². The molecule has 0 spiro atoms. The summed E-state index contributed by atoms with van der Waals surface area (Å²) >= 11 is 4.04. The molecule has 1 heterocycles. The van der Waals surface area contributed by atoms with Gasteiger partial charge >= 0.3 is 0 Å². The molecule has 1 rings (SSSR count). The van der Waals surface area contributed by atoms with E-state index in [9.17, 15) is 0 Å². The van der Waals surface area contributed by atoms with Crippen molar-refractivity contribution in [2.45, 2.75) is 19.9 Å². The second-order valence-corrected chi connectivity index (χ2v) is 3.35. The molecule has 0 saturated heterocycles. The van der Waals surface area contributed by atoms with Crippen LogP contribution in [0.4, 0.5) is 0 Å². The molecule has 0 aliphatic rings. The van der Waals surface area contributed by atoms with Gasteiger partial charge in [0, 0.05) is 11.8 Å². The topological polar surface area (TPSA) is 64.9 Å². The summed E-state index contributed by atoms with van der Waals surface area (Å²) in [5, 5.41) is 7.62. The molecule has 72 valence electrons. The zero-order valence-corrected chi connectivity index (χ0v) is 8.58. The lowest BCUT2D eigenvalue weighted by Crippen LogP contribution is -2.11. The van der Waals surface area contributed by atoms with E-state index in [1.54, 1.807) is 0 Å². The van der Waals surface area contributed by atoms with Crippen molar-refractivity contribution in [1.29, 1.82) is 0 Å². The van der Waals surface area contributed by atoms with E-state index in [1.165, 1.54) is 0 Å². The van der Waals surface area contributed by atoms with E-state index in [0.29, 0.717) is 17.5 Å². The molecule has 0 aliphatic heterocycles. The van der Waals surface area contributed by atoms with Crippen LogP contribution in [0, 0.1) is 0 Å². The van der Waals surface area contributed by atoms with Crippen molar-refractivity contribution in [1.82, 2.24) is 10.2 Å². The molecule has 0 radical (unpaired) electrons. The van der Waals surface area contributed by atoms with Gasteiger partial charge in [-0.2, -0.15) is 12.6 Å². The summed E-state index contributed by atoms with van der Waals surface area (Å²) in [6.07, 6.45) is 1.81. The van der Waals surface area contributed by atoms with Gasteiger partial charge in [0.25, 0.3) is 0 Å². The highest BCUT2D eigenvalue weighted by atomic mass is 32.1. The molecule has 2 N–H and O–H groups in total. The Morgan fingerprint density at radius 2 is 2.31 bits per heavy atom. The van der Waals surface area contributed by atoms with E-state index in [2.05, 4.69) is 22.8 Å². The van der Waals surface area contributed by atoms with Gasteiger partial charge in [0.1, 0.15) is 0 Å². The minimum Gasteiger partial charge on any atom is -0.420 e. The first kappa shape index (κ1) is 10.3. The van der Waals surface area contributed by atoms with E-state index in [4.69, 9.17) is 10.2 Å². The molecule has 5 heteroatoms. The summed E-state index contributed by atoms with van der Waals surface area (Å²) in [7, 11) is 0. The minimum atomic E-state index is -0.282. The number of rotatable bonds is 3. The normalized spacial score (nSPS) is 12.6. The number of thiol groups is 1. The summed E-state index contributed by atoms with van der Waals surface area (Å²) in [5.74, 6) is 1.42. The number of nitrogens with two attached hydrogens (primary N) is 1. The maximum Gasteiger partial charge on any atom is 0.240 e. The second kappa shape index (κ2) is 4.43. The molecule has 0 saturated carbocycles. The van der Waals surface area contributed by atoms with Gasteiger partial charge in [-0.25, -0.2) is 0 Å². The first-order valence-electron chi connectivity index (χ1n) is 3.98. The Kier molecular flexibility index (Phi) is 3.50. The maximum atomic E-state index is 5.65. The Labute approximate surface area is 82.6 Å². The van der Waals surface area contributed by atoms with E-state index >= 15 is 0 Å². The smallest absolute Gasteiger partial charge is 0.240 e. The Morgan fingerprint density at radius 1 is 1.62 bits per heavy atom. The molecule has 0 amide bonds. The van der Waals surface area contributed by atoms with E-state index in [-0.39, 0.29) is 6.04 Å². The van der Waals surface area contributed by atoms with Crippen LogP contribution in [0.3, 0.4) is 0 Å². The van der Waals surface area contributed by atoms with Crippen molar-refractivity contribution >= 4 is 18.7 Å². The third-order valence-electron chi connectivity index (χ3n) is 1.38. The summed E-state index contributed by atoms with van der Waals surface area (Å²) in [5.41, 5.74) is 6.75. The fraction of sp³-hybridized carbons (Fsp3) is 0.500. The lowest BCUT2D eigenvalue weighted by molar-refractivity contribution is 0.459. The quantitative estimate of drug-likeness (QED) is 0.723. The predicted molar refractivity (Wildman–Crippen MR) is 54.4 cm³/mol. The zero-order valence-electron chi connectivity index (χ0n) is 7.69. The van der Waals surface area contributed by atoms with Crippen molar-refractivity contribution in [2.24, 2.45) is 5.73 Å². The van der Waals surface area contributed by atoms with Gasteiger partial charge in [-0.1, -0.05) is 5.57 Å². The molecule has 1 atom stereocenters. The standard InChI is InChI=1S/C8H13N3OS/c1-5(2)3-7-10-11-8(12-7)6(9)4-13/h3,6,13H,4,9H2,1-2H3. The average Bonchev–Trinajstić information content (AvgIpc) is 2.50. The van der Waals surface area contributed by atoms with Crippen LogP contribution in [-0.2, 0) is 0 Å². The van der Waals surface area contributed by atoms with Crippen LogP contribution < -0.4 is 5.73 Å². The van der Waals surface area contributed by atoms with Gasteiger partial charge in [0.2, 0.25) is 11.8 Å². The van der Waals surface area contributed by atoms with Crippen molar-refractivity contribution in [2.75, 3.05) is 5.75 Å². The number of aromatic nitrogens is 2. The zero-order chi connectivity index (χ0) is 9.84. The van der Waals surface area contributed by atoms with Crippen molar-refractivity contribution in [3.05, 3.63) is 17.4 Å². The summed E-state index contributed by atoms with van der Waals surface area (Å²) in [6, 6.07) is -0.282. The van der Waals surface area contributed by atoms with Crippen LogP contribution in [-0.4, -0.2) is 16.0 Å². The van der Waals surface area contributed by atoms with Crippen LogP contribution in [0.1, 0.15) is 31.7 Å². The first-order valence-corrected chi connectivity index (χ1v) is 4.61. The molecule has 1 unspecified atom stereocenters. The molecule has 0 aromatic carbocycles. The fourth-order valence-corrected chi connectivity index (χ4v) is 0.936. The van der Waals surface area contributed by atoms with Gasteiger partial charge in [-0.3, -0.25) is 0 Å². The van der Waals surface area contributed by atoms with Crippen molar-refractivity contribution in [3.63, 3.8) is 0 Å². The third-order valence-corrected chi connectivity index (χ3v) is 1.78. The molecule has 4 nitrogen and oxygen atoms in total. The minimum absolute atomic E-state index is 0.282. The fourth-order valence-electron chi connectivity index (χ4n) is 0.780. The maximum absolute atomic E-state index is 5.65. The van der Waals surface area contributed by atoms with Crippen LogP contribution in [0.25, 0.3) is 6.08 Å². The molecule has 1 aromatic heterocycles. The van der Waals surface area contributed by atoms with Crippen LogP contribution >= 0.6 is 12.6 Å². The highest BCUT2D eigenvalue weighted by Gasteiger charge is 2.11. The third kappa shape index (κ3) is 2.86. The highest BCUT2D eigenvalue weighted by molar-refractivity contribution is 7.80. The molecular weight excluding hydrogens is 186 g/mol. The summed E-state index contributed by atoms with van der Waals surface area (Å²) < 4.78 is 5.27. The number of nitrogens with zero attached hydrogens (tertiary/aromatic N) is 2. The predicted octanol–water partition coefficient (Wildman–Crippen LogP) is 1.42. The number of allylic oxidation sites excluding steroid dienone is 1. The summed E-state index contributed by atoms with van der Waals surface area (Å²) in [4.78, 5) is 0. The van der Waals surface area contributed by atoms with Crippen LogP contribution in [0.15, 0.2) is 9.99 Å². The van der Waals surface area contributed by atoms with E-state index in [0.717, 1.165) is 5.57 Å². The lowest BCUT2D eigenvalue weighted by Gasteiger charge is -1.98. The molecular formula is C8H13N3OS. The Balaban J connectivity index is 2.80. The molecule has 0 aliphatic carbocycles. The first-order chi connectivity index (χ1) is 6.13. The summed E-state index contributed by atoms with van der Waals surface area (Å²) in [6.45, 7) is 3.92. The second-order valence-electron chi connectivity index (χ2n) is 2.99. The number of hydrogen-bond donors (Lipinski definition) is 2. The monoisotopic (exact) mass is 199 g/mol. The van der Waals surface area contributed by atoms with Gasteiger partial charge in [-0.15, -0.1) is 10.2 Å². The van der Waals surface area contributed by atoms with Crippen molar-refractivity contribution < 1.29 is 4.42 Å². The van der Waals surface area contributed by atoms with Gasteiger partial charge in [0.05, 0.1) is 6.04 Å². The van der Waals surface area contributed by atoms with E-state index in [1.807, 2.05) is 19.9 Å². The molecule has 1 aromatic rings. The van der Waals surface area contributed by atoms with Crippen molar-refractivity contribution in [3.8, 4) is 0 Å². The lowest BCUT2D eigenvalue weighted by atomic mass is 10.3. The van der Waals surface area contributed by atoms with Gasteiger partial charge in [-0.05, 0) is 13.8 Å².